The molecule has 8 nitrogen and oxygen atoms in total. The number of sulfonamides is 1. The lowest BCUT2D eigenvalue weighted by Gasteiger charge is -2.34. The fraction of sp³-hybridized carbons (Fsp3) is 0.480. The van der Waals surface area contributed by atoms with E-state index in [0.29, 0.717) is 23.6 Å². The minimum absolute atomic E-state index is 0.0655. The number of allylic oxidation sites excluding steroid dienone is 2. The van der Waals surface area contributed by atoms with E-state index in [0.717, 1.165) is 31.4 Å². The third-order valence-corrected chi connectivity index (χ3v) is 8.58. The van der Waals surface area contributed by atoms with E-state index >= 15 is 0 Å². The minimum Gasteiger partial charge on any atom is -0.384 e. The van der Waals surface area contributed by atoms with Crippen molar-refractivity contribution in [1.29, 1.82) is 0 Å². The van der Waals surface area contributed by atoms with Gasteiger partial charge in [-0.25, -0.2) is 14.7 Å². The molecule has 0 spiro atoms. The van der Waals surface area contributed by atoms with Crippen LogP contribution in [0.3, 0.4) is 0 Å². The van der Waals surface area contributed by atoms with Crippen LogP contribution >= 0.6 is 0 Å². The number of hydrogen-bond donors (Lipinski definition) is 2. The van der Waals surface area contributed by atoms with Gasteiger partial charge < -0.3 is 10.6 Å². The Kier molecular flexibility index (Phi) is 5.42. The van der Waals surface area contributed by atoms with E-state index in [-0.39, 0.29) is 21.9 Å². The van der Waals surface area contributed by atoms with E-state index in [4.69, 9.17) is 10.7 Å². The molecule has 180 valence electrons. The number of carbonyl (C=O) groups is 1. The molecule has 3 N–H and O–H groups in total. The van der Waals surface area contributed by atoms with Crippen molar-refractivity contribution in [2.24, 2.45) is 17.8 Å². The average Bonchev–Trinajstić information content (AvgIpc) is 3.47. The standard InChI is InChI=1S/C25H31N5O3S/c1-15-12-25(2,3)30(14-15)23-20(11-18(13-27-23)19-10-16-7-8-17(19)9-16)24(31)29-34(32,33)22-6-4-5-21(26)28-22/h4-6,10-11,13,15-17H,7-9,12,14H2,1-3H3,(H2,26,28)(H,29,31). The number of nitrogen functional groups attached to an aromatic ring is 1. The Bertz CT molecular complexity index is 1290. The quantitative estimate of drug-likeness (QED) is 0.670. The average molecular weight is 482 g/mol. The summed E-state index contributed by atoms with van der Waals surface area (Å²) >= 11 is 0. The van der Waals surface area contributed by atoms with Gasteiger partial charge in [-0.3, -0.25) is 4.79 Å². The molecule has 2 bridgehead atoms. The van der Waals surface area contributed by atoms with Crippen molar-refractivity contribution < 1.29 is 13.2 Å². The lowest BCUT2D eigenvalue weighted by atomic mass is 9.92. The summed E-state index contributed by atoms with van der Waals surface area (Å²) in [5.41, 5.74) is 7.82. The van der Waals surface area contributed by atoms with Crippen LogP contribution in [0, 0.1) is 17.8 Å². The maximum absolute atomic E-state index is 13.5. The van der Waals surface area contributed by atoms with Gasteiger partial charge in [0, 0.05) is 18.3 Å². The number of hydrogen-bond acceptors (Lipinski definition) is 7. The lowest BCUT2D eigenvalue weighted by molar-refractivity contribution is 0.0981. The molecule has 5 rings (SSSR count). The van der Waals surface area contributed by atoms with Crippen LogP contribution in [0.25, 0.3) is 5.57 Å². The van der Waals surface area contributed by atoms with Gasteiger partial charge in [0.1, 0.15) is 11.6 Å². The third kappa shape index (κ3) is 4.06. The van der Waals surface area contributed by atoms with Gasteiger partial charge in [0.25, 0.3) is 15.9 Å². The highest BCUT2D eigenvalue weighted by molar-refractivity contribution is 7.90. The first-order chi connectivity index (χ1) is 16.0. The molecule has 2 aromatic heterocycles. The van der Waals surface area contributed by atoms with Crippen LogP contribution in [-0.2, 0) is 10.0 Å². The molecule has 9 heteroatoms. The molecule has 34 heavy (non-hydrogen) atoms. The summed E-state index contributed by atoms with van der Waals surface area (Å²) in [6.07, 6.45) is 8.58. The van der Waals surface area contributed by atoms with E-state index in [1.165, 1.54) is 30.2 Å². The van der Waals surface area contributed by atoms with E-state index < -0.39 is 15.9 Å². The van der Waals surface area contributed by atoms with Gasteiger partial charge in [-0.2, -0.15) is 8.42 Å². The number of nitrogens with two attached hydrogens (primary N) is 1. The minimum atomic E-state index is -4.20. The van der Waals surface area contributed by atoms with Crippen molar-refractivity contribution in [2.45, 2.75) is 57.0 Å². The van der Waals surface area contributed by atoms with Crippen molar-refractivity contribution >= 4 is 33.1 Å². The second-order valence-electron chi connectivity index (χ2n) is 10.6. The molecular formula is C25H31N5O3S. The maximum atomic E-state index is 13.5. The Morgan fingerprint density at radius 1 is 1.26 bits per heavy atom. The number of pyridine rings is 2. The second-order valence-corrected chi connectivity index (χ2v) is 12.2. The van der Waals surface area contributed by atoms with Crippen molar-refractivity contribution in [2.75, 3.05) is 17.2 Å². The Morgan fingerprint density at radius 2 is 2.06 bits per heavy atom. The van der Waals surface area contributed by atoms with E-state index in [9.17, 15) is 13.2 Å². The molecule has 1 amide bonds. The summed E-state index contributed by atoms with van der Waals surface area (Å²) in [7, 11) is -4.20. The van der Waals surface area contributed by atoms with Crippen LogP contribution in [0.4, 0.5) is 11.6 Å². The van der Waals surface area contributed by atoms with Crippen molar-refractivity contribution in [3.05, 3.63) is 47.7 Å². The van der Waals surface area contributed by atoms with Gasteiger partial charge in [0.2, 0.25) is 0 Å². The van der Waals surface area contributed by atoms with Crippen LogP contribution < -0.4 is 15.4 Å². The van der Waals surface area contributed by atoms with Crippen molar-refractivity contribution in [3.8, 4) is 0 Å². The molecule has 3 atom stereocenters. The number of rotatable bonds is 5. The topological polar surface area (TPSA) is 118 Å². The number of amides is 1. The van der Waals surface area contributed by atoms with E-state index in [2.05, 4.69) is 41.5 Å². The molecule has 1 saturated carbocycles. The van der Waals surface area contributed by atoms with Crippen LogP contribution in [0.5, 0.6) is 0 Å². The fourth-order valence-electron chi connectivity index (χ4n) is 5.94. The molecule has 2 aromatic rings. The van der Waals surface area contributed by atoms with Crippen molar-refractivity contribution in [3.63, 3.8) is 0 Å². The molecular weight excluding hydrogens is 450 g/mol. The summed E-state index contributed by atoms with van der Waals surface area (Å²) in [6, 6.07) is 6.11. The molecule has 3 aliphatic rings. The molecule has 1 saturated heterocycles. The van der Waals surface area contributed by atoms with E-state index in [1.807, 2.05) is 12.3 Å². The number of fused-ring (bicyclic) bond motifs is 2. The predicted molar refractivity (Wildman–Crippen MR) is 132 cm³/mol. The Labute approximate surface area is 200 Å². The van der Waals surface area contributed by atoms with Crippen molar-refractivity contribution in [1.82, 2.24) is 14.7 Å². The van der Waals surface area contributed by atoms with Crippen LogP contribution in [0.15, 0.2) is 41.6 Å². The van der Waals surface area contributed by atoms with Gasteiger partial charge in [-0.15, -0.1) is 0 Å². The van der Waals surface area contributed by atoms with Gasteiger partial charge in [0.05, 0.1) is 5.56 Å². The maximum Gasteiger partial charge on any atom is 0.281 e. The first-order valence-corrected chi connectivity index (χ1v) is 13.3. The first-order valence-electron chi connectivity index (χ1n) is 11.8. The van der Waals surface area contributed by atoms with Gasteiger partial charge in [-0.1, -0.05) is 19.1 Å². The van der Waals surface area contributed by atoms with E-state index in [1.54, 1.807) is 0 Å². The summed E-state index contributed by atoms with van der Waals surface area (Å²) < 4.78 is 28.1. The Morgan fingerprint density at radius 3 is 2.68 bits per heavy atom. The lowest BCUT2D eigenvalue weighted by Crippen LogP contribution is -2.41. The summed E-state index contributed by atoms with van der Waals surface area (Å²) in [6.45, 7) is 7.17. The zero-order valence-electron chi connectivity index (χ0n) is 19.8. The van der Waals surface area contributed by atoms with Crippen LogP contribution in [0.1, 0.15) is 62.4 Å². The van der Waals surface area contributed by atoms with Gasteiger partial charge in [-0.05, 0) is 86.6 Å². The molecule has 3 heterocycles. The predicted octanol–water partition coefficient (Wildman–Crippen LogP) is 3.62. The molecule has 0 radical (unpaired) electrons. The largest absolute Gasteiger partial charge is 0.384 e. The molecule has 1 aliphatic heterocycles. The summed E-state index contributed by atoms with van der Waals surface area (Å²) in [4.78, 5) is 24.2. The monoisotopic (exact) mass is 481 g/mol. The van der Waals surface area contributed by atoms with Crippen LogP contribution in [0.2, 0.25) is 0 Å². The van der Waals surface area contributed by atoms with Gasteiger partial charge >= 0.3 is 0 Å². The smallest absolute Gasteiger partial charge is 0.281 e. The summed E-state index contributed by atoms with van der Waals surface area (Å²) in [5.74, 6) is 1.36. The molecule has 3 unspecified atom stereocenters. The zero-order chi connectivity index (χ0) is 24.3. The number of aromatic nitrogens is 2. The highest BCUT2D eigenvalue weighted by atomic mass is 32.2. The Hall–Kier alpha value is -2.94. The normalized spacial score (nSPS) is 25.4. The van der Waals surface area contributed by atoms with Crippen LogP contribution in [-0.4, -0.2) is 36.4 Å². The highest BCUT2D eigenvalue weighted by Gasteiger charge is 2.40. The molecule has 2 aliphatic carbocycles. The Balaban J connectivity index is 1.55. The number of carbonyl (C=O) groups excluding carboxylic acids is 1. The second kappa shape index (κ2) is 8.08. The SMILES string of the molecule is CC1CN(c2ncc(C3=CC4CCC3C4)cc2C(=O)NS(=O)(=O)c2cccc(N)n2)C(C)(C)C1. The molecule has 2 fully saturated rings. The van der Waals surface area contributed by atoms with Gasteiger partial charge in [0.15, 0.2) is 5.03 Å². The third-order valence-electron chi connectivity index (χ3n) is 7.35. The zero-order valence-corrected chi connectivity index (χ0v) is 20.6. The number of anilines is 2. The molecule has 0 aromatic carbocycles. The number of nitrogens with one attached hydrogen (secondary N) is 1. The highest BCUT2D eigenvalue weighted by Crippen LogP contribution is 2.48. The first kappa shape index (κ1) is 22.8. The summed E-state index contributed by atoms with van der Waals surface area (Å²) in [5, 5.41) is -0.294. The fourth-order valence-corrected chi connectivity index (χ4v) is 6.88. The number of nitrogens with zero attached hydrogens (tertiary/aromatic N) is 3.